The van der Waals surface area contributed by atoms with Crippen molar-refractivity contribution in [1.82, 2.24) is 0 Å². The van der Waals surface area contributed by atoms with Crippen LogP contribution in [0.25, 0.3) is 0 Å². The molecule has 3 N–H and O–H groups in total. The smallest absolute Gasteiger partial charge is 0.300 e. The third kappa shape index (κ3) is 4.70. The Morgan fingerprint density at radius 3 is 2.13 bits per heavy atom. The summed E-state index contributed by atoms with van der Waals surface area (Å²) in [4.78, 5) is 19.4. The van der Waals surface area contributed by atoms with Gasteiger partial charge >= 0.3 is 0 Å². The van der Waals surface area contributed by atoms with E-state index in [1.807, 2.05) is 0 Å². The van der Waals surface area contributed by atoms with Gasteiger partial charge in [0.15, 0.2) is 11.6 Å². The number of nitrogens with two attached hydrogens (primary N) is 1. The van der Waals surface area contributed by atoms with E-state index in [2.05, 4.69) is 0 Å². The van der Waals surface area contributed by atoms with Crippen molar-refractivity contribution in [2.45, 2.75) is 6.92 Å². The lowest BCUT2D eigenvalue weighted by Crippen LogP contribution is -2.13. The van der Waals surface area contributed by atoms with Gasteiger partial charge < -0.3 is 10.8 Å². The van der Waals surface area contributed by atoms with Crippen LogP contribution in [0.5, 0.6) is 0 Å². The van der Waals surface area contributed by atoms with Gasteiger partial charge in [0.25, 0.3) is 11.9 Å². The average molecular weight is 217 g/mol. The fourth-order valence-corrected chi connectivity index (χ4v) is 0.694. The molecule has 0 spiro atoms. The molecule has 0 unspecified atom stereocenters. The van der Waals surface area contributed by atoms with Gasteiger partial charge in [0, 0.05) is 6.92 Å². The van der Waals surface area contributed by atoms with Gasteiger partial charge in [-0.15, -0.1) is 0 Å². The molecule has 0 heterocycles. The Kier molecular flexibility index (Phi) is 4.94. The number of rotatable bonds is 1. The molecule has 4 nitrogen and oxygen atoms in total. The van der Waals surface area contributed by atoms with E-state index in [1.54, 1.807) is 0 Å². The van der Waals surface area contributed by atoms with Crippen molar-refractivity contribution < 1.29 is 23.5 Å². The van der Waals surface area contributed by atoms with Crippen LogP contribution in [-0.2, 0) is 4.79 Å². The van der Waals surface area contributed by atoms with Gasteiger partial charge in [0.1, 0.15) is 0 Å². The standard InChI is InChI=1S/C7H5F2NO.C2H4O2/c8-5-3-1-2-4(6(5)9)7(10)11;1-2(3)4/h1-3H,(H2,10,11);1H3,(H,3,4). The first-order valence-corrected chi connectivity index (χ1v) is 3.79. The molecule has 1 aromatic rings. The maximum atomic E-state index is 12.6. The number of amides is 1. The van der Waals surface area contributed by atoms with Crippen LogP contribution < -0.4 is 5.73 Å². The van der Waals surface area contributed by atoms with Crippen LogP contribution in [0.2, 0.25) is 0 Å². The molecule has 1 rings (SSSR count). The summed E-state index contributed by atoms with van der Waals surface area (Å²) in [6.07, 6.45) is 0. The molecule has 15 heavy (non-hydrogen) atoms. The predicted molar refractivity (Wildman–Crippen MR) is 48.2 cm³/mol. The summed E-state index contributed by atoms with van der Waals surface area (Å²) >= 11 is 0. The predicted octanol–water partition coefficient (Wildman–Crippen LogP) is 1.15. The Bertz CT molecular complexity index is 376. The summed E-state index contributed by atoms with van der Waals surface area (Å²) in [5.74, 6) is -4.07. The van der Waals surface area contributed by atoms with E-state index in [-0.39, 0.29) is 0 Å². The minimum absolute atomic E-state index is 0.426. The molecule has 0 atom stereocenters. The van der Waals surface area contributed by atoms with Crippen molar-refractivity contribution in [2.75, 3.05) is 0 Å². The lowest BCUT2D eigenvalue weighted by Gasteiger charge is -1.96. The molecule has 0 aromatic heterocycles. The lowest BCUT2D eigenvalue weighted by atomic mass is 10.2. The second kappa shape index (κ2) is 5.69. The maximum absolute atomic E-state index is 12.6. The van der Waals surface area contributed by atoms with Crippen LogP contribution >= 0.6 is 0 Å². The zero-order valence-electron chi connectivity index (χ0n) is 7.83. The number of carbonyl (C=O) groups is 2. The number of carboxylic acids is 1. The SMILES string of the molecule is CC(=O)O.NC(=O)c1cccc(F)c1F. The molecule has 1 aromatic carbocycles. The molecule has 0 bridgehead atoms. The topological polar surface area (TPSA) is 80.4 Å². The number of aliphatic carboxylic acids is 1. The van der Waals surface area contributed by atoms with Crippen molar-refractivity contribution in [1.29, 1.82) is 0 Å². The van der Waals surface area contributed by atoms with Crippen molar-refractivity contribution >= 4 is 11.9 Å². The number of primary amides is 1. The fourth-order valence-electron chi connectivity index (χ4n) is 0.694. The number of carbonyl (C=O) groups excluding carboxylic acids is 1. The van der Waals surface area contributed by atoms with Crippen LogP contribution in [-0.4, -0.2) is 17.0 Å². The van der Waals surface area contributed by atoms with Crippen molar-refractivity contribution in [3.8, 4) is 0 Å². The van der Waals surface area contributed by atoms with Gasteiger partial charge in [0.05, 0.1) is 5.56 Å². The highest BCUT2D eigenvalue weighted by atomic mass is 19.2. The van der Waals surface area contributed by atoms with Gasteiger partial charge in [-0.1, -0.05) is 6.07 Å². The quantitative estimate of drug-likeness (QED) is 0.740. The zero-order valence-corrected chi connectivity index (χ0v) is 7.83. The van der Waals surface area contributed by atoms with Crippen molar-refractivity contribution in [2.24, 2.45) is 5.73 Å². The molecule has 0 radical (unpaired) electrons. The van der Waals surface area contributed by atoms with E-state index >= 15 is 0 Å². The molecule has 6 heteroatoms. The largest absolute Gasteiger partial charge is 0.481 e. The normalized spacial score (nSPS) is 8.73. The van der Waals surface area contributed by atoms with Crippen LogP contribution in [0.1, 0.15) is 17.3 Å². The summed E-state index contributed by atoms with van der Waals surface area (Å²) in [6, 6.07) is 3.26. The molecule has 0 saturated heterocycles. The van der Waals surface area contributed by atoms with Crippen LogP contribution in [0, 0.1) is 11.6 Å². The Labute approximate surface area is 84.3 Å². The van der Waals surface area contributed by atoms with E-state index in [9.17, 15) is 13.6 Å². The van der Waals surface area contributed by atoms with Crippen molar-refractivity contribution in [3.05, 3.63) is 35.4 Å². The van der Waals surface area contributed by atoms with E-state index in [0.29, 0.717) is 0 Å². The highest BCUT2D eigenvalue weighted by Crippen LogP contribution is 2.09. The highest BCUT2D eigenvalue weighted by molar-refractivity contribution is 5.92. The Hall–Kier alpha value is -1.98. The number of hydrogen-bond acceptors (Lipinski definition) is 2. The molecule has 0 aliphatic carbocycles. The van der Waals surface area contributed by atoms with E-state index in [1.165, 1.54) is 6.07 Å². The zero-order chi connectivity index (χ0) is 12.0. The van der Waals surface area contributed by atoms with Crippen LogP contribution in [0.15, 0.2) is 18.2 Å². The first-order chi connectivity index (χ1) is 6.86. The Morgan fingerprint density at radius 1 is 1.33 bits per heavy atom. The van der Waals surface area contributed by atoms with Crippen molar-refractivity contribution in [3.63, 3.8) is 0 Å². The molecule has 0 aliphatic rings. The molecule has 0 aliphatic heterocycles. The summed E-state index contributed by atoms with van der Waals surface area (Å²) < 4.78 is 24.9. The summed E-state index contributed by atoms with van der Waals surface area (Å²) in [6.45, 7) is 1.08. The van der Waals surface area contributed by atoms with Crippen LogP contribution in [0.4, 0.5) is 8.78 Å². The Balaban J connectivity index is 0.000000423. The average Bonchev–Trinajstić information content (AvgIpc) is 2.08. The maximum Gasteiger partial charge on any atom is 0.300 e. The minimum atomic E-state index is -1.19. The second-order valence-corrected chi connectivity index (χ2v) is 2.48. The molecule has 82 valence electrons. The van der Waals surface area contributed by atoms with E-state index < -0.39 is 29.1 Å². The first-order valence-electron chi connectivity index (χ1n) is 3.79. The number of hydrogen-bond donors (Lipinski definition) is 2. The monoisotopic (exact) mass is 217 g/mol. The van der Waals surface area contributed by atoms with Crippen LogP contribution in [0.3, 0.4) is 0 Å². The Morgan fingerprint density at radius 2 is 1.80 bits per heavy atom. The molecule has 0 fully saturated rings. The van der Waals surface area contributed by atoms with Gasteiger partial charge in [-0.25, -0.2) is 8.78 Å². The van der Waals surface area contributed by atoms with Gasteiger partial charge in [-0.3, -0.25) is 9.59 Å². The first kappa shape index (κ1) is 13.0. The van der Waals surface area contributed by atoms with E-state index in [4.69, 9.17) is 15.6 Å². The third-order valence-electron chi connectivity index (χ3n) is 1.22. The highest BCUT2D eigenvalue weighted by Gasteiger charge is 2.10. The summed E-state index contributed by atoms with van der Waals surface area (Å²) in [5.41, 5.74) is 4.31. The van der Waals surface area contributed by atoms with E-state index in [0.717, 1.165) is 19.1 Å². The van der Waals surface area contributed by atoms with Gasteiger partial charge in [0.2, 0.25) is 0 Å². The molecular weight excluding hydrogens is 208 g/mol. The van der Waals surface area contributed by atoms with Gasteiger partial charge in [-0.05, 0) is 12.1 Å². The molecular formula is C9H9F2NO3. The second-order valence-electron chi connectivity index (χ2n) is 2.48. The molecule has 0 saturated carbocycles. The lowest BCUT2D eigenvalue weighted by molar-refractivity contribution is -0.134. The third-order valence-corrected chi connectivity index (χ3v) is 1.22. The number of benzene rings is 1. The molecule has 1 amide bonds. The van der Waals surface area contributed by atoms with Gasteiger partial charge in [-0.2, -0.15) is 0 Å². The number of carboxylic acid groups (broad SMARTS) is 1. The fraction of sp³-hybridized carbons (Fsp3) is 0.111. The number of halogens is 2. The summed E-state index contributed by atoms with van der Waals surface area (Å²) in [5, 5.41) is 7.42. The summed E-state index contributed by atoms with van der Waals surface area (Å²) in [7, 11) is 0. The minimum Gasteiger partial charge on any atom is -0.481 e.